The minimum atomic E-state index is -0.279. The Morgan fingerprint density at radius 3 is 1.98 bits per heavy atom. The summed E-state index contributed by atoms with van der Waals surface area (Å²) in [6.45, 7) is 0. The summed E-state index contributed by atoms with van der Waals surface area (Å²) in [4.78, 5) is 2.39. The number of fused-ring (bicyclic) bond motifs is 8. The highest BCUT2D eigenvalue weighted by Crippen LogP contribution is 2.49. The number of para-hydroxylation sites is 2. The Hall–Kier alpha value is -7.24. The number of hydrogen-bond acceptors (Lipinski definition) is 4. The van der Waals surface area contributed by atoms with Crippen LogP contribution in [0.15, 0.2) is 192 Å². The summed E-state index contributed by atoms with van der Waals surface area (Å²) < 4.78 is 15.3. The van der Waals surface area contributed by atoms with Gasteiger partial charge in [-0.25, -0.2) is 0 Å². The molecule has 0 saturated heterocycles. The van der Waals surface area contributed by atoms with Crippen LogP contribution in [0.5, 0.6) is 5.75 Å². The Morgan fingerprint density at radius 2 is 1.17 bits per heavy atom. The lowest BCUT2D eigenvalue weighted by Crippen LogP contribution is -2.10. The Balaban J connectivity index is 1.14. The molecule has 256 valence electrons. The van der Waals surface area contributed by atoms with Crippen LogP contribution in [0.1, 0.15) is 11.8 Å². The van der Waals surface area contributed by atoms with Crippen molar-refractivity contribution in [3.05, 3.63) is 194 Å². The Bertz CT molecular complexity index is 2990. The molecule has 1 aliphatic rings. The van der Waals surface area contributed by atoms with Gasteiger partial charge in [0.05, 0.1) is 27.8 Å². The number of rotatable bonds is 6. The van der Waals surface area contributed by atoms with Crippen LogP contribution in [0.4, 0.5) is 22.7 Å². The van der Waals surface area contributed by atoms with Gasteiger partial charge in [-0.3, -0.25) is 0 Å². The number of furan rings is 1. The molecule has 1 atom stereocenters. The second kappa shape index (κ2) is 12.2. The zero-order valence-electron chi connectivity index (χ0n) is 29.2. The first kappa shape index (κ1) is 30.4. The maximum atomic E-state index is 6.49. The Kier molecular flexibility index (Phi) is 6.85. The molecule has 0 aliphatic carbocycles. The molecule has 54 heavy (non-hydrogen) atoms. The largest absolute Gasteiger partial charge is 0.464 e. The fraction of sp³-hybridized carbons (Fsp3) is 0.0204. The van der Waals surface area contributed by atoms with Gasteiger partial charge in [-0.2, -0.15) is 0 Å². The summed E-state index contributed by atoms with van der Waals surface area (Å²) in [5.41, 5.74) is 12.6. The molecular weight excluding hydrogens is 663 g/mol. The van der Waals surface area contributed by atoms with E-state index >= 15 is 0 Å². The smallest absolute Gasteiger partial charge is 0.196 e. The molecule has 1 N–H and O–H groups in total. The van der Waals surface area contributed by atoms with Crippen LogP contribution in [0.25, 0.3) is 60.6 Å². The van der Waals surface area contributed by atoms with Gasteiger partial charge in [0.1, 0.15) is 16.9 Å². The van der Waals surface area contributed by atoms with E-state index in [0.717, 1.165) is 72.7 Å². The van der Waals surface area contributed by atoms with Crippen molar-refractivity contribution in [2.75, 3.05) is 10.2 Å². The Morgan fingerprint density at radius 1 is 0.500 bits per heavy atom. The molecule has 1 aliphatic heterocycles. The summed E-state index contributed by atoms with van der Waals surface area (Å²) in [6.07, 6.45) is -0.279. The van der Waals surface area contributed by atoms with Crippen molar-refractivity contribution in [1.82, 2.24) is 4.57 Å². The van der Waals surface area contributed by atoms with Crippen molar-refractivity contribution in [1.29, 1.82) is 0 Å². The summed E-state index contributed by atoms with van der Waals surface area (Å²) in [6, 6.07) is 66.2. The highest BCUT2D eigenvalue weighted by Gasteiger charge is 2.28. The monoisotopic (exact) mass is 695 g/mol. The van der Waals surface area contributed by atoms with E-state index < -0.39 is 0 Å². The number of hydrogen-bond donors (Lipinski definition) is 1. The van der Waals surface area contributed by atoms with Gasteiger partial charge >= 0.3 is 0 Å². The predicted molar refractivity (Wildman–Crippen MR) is 222 cm³/mol. The van der Waals surface area contributed by atoms with Crippen LogP contribution in [0.2, 0.25) is 0 Å². The first-order chi connectivity index (χ1) is 26.8. The van der Waals surface area contributed by atoms with Gasteiger partial charge in [0.2, 0.25) is 0 Å². The second-order valence-electron chi connectivity index (χ2n) is 13.8. The highest BCUT2D eigenvalue weighted by atomic mass is 16.5. The number of nitrogens with one attached hydrogen (secondary N) is 1. The minimum Gasteiger partial charge on any atom is -0.464 e. The van der Waals surface area contributed by atoms with Gasteiger partial charge in [-0.15, -0.1) is 0 Å². The number of ether oxygens (including phenoxy) is 1. The number of anilines is 4. The van der Waals surface area contributed by atoms with E-state index in [1.165, 1.54) is 21.9 Å². The lowest BCUT2D eigenvalue weighted by atomic mass is 10.0. The van der Waals surface area contributed by atoms with Crippen molar-refractivity contribution in [3.8, 4) is 22.6 Å². The molecule has 11 rings (SSSR count). The topological polar surface area (TPSA) is 42.6 Å². The molecular formula is C49H33N3O2. The fourth-order valence-electron chi connectivity index (χ4n) is 8.19. The molecule has 0 fully saturated rings. The Labute approximate surface area is 311 Å². The zero-order chi connectivity index (χ0) is 35.6. The maximum absolute atomic E-state index is 6.49. The van der Waals surface area contributed by atoms with Gasteiger partial charge < -0.3 is 23.9 Å². The predicted octanol–water partition coefficient (Wildman–Crippen LogP) is 13.3. The summed E-state index contributed by atoms with van der Waals surface area (Å²) in [7, 11) is 0. The van der Waals surface area contributed by atoms with E-state index in [0.29, 0.717) is 0 Å². The molecule has 0 bridgehead atoms. The van der Waals surface area contributed by atoms with Crippen molar-refractivity contribution in [2.24, 2.45) is 0 Å². The summed E-state index contributed by atoms with van der Waals surface area (Å²) in [5, 5.41) is 8.08. The van der Waals surface area contributed by atoms with E-state index in [1.807, 2.05) is 30.3 Å². The molecule has 1 unspecified atom stereocenters. The second-order valence-corrected chi connectivity index (χ2v) is 13.8. The van der Waals surface area contributed by atoms with Crippen LogP contribution in [0, 0.1) is 0 Å². The van der Waals surface area contributed by atoms with Gasteiger partial charge in [0, 0.05) is 38.8 Å². The van der Waals surface area contributed by atoms with E-state index in [4.69, 9.17) is 9.15 Å². The third-order valence-corrected chi connectivity index (χ3v) is 10.6. The quantitative estimate of drug-likeness (QED) is 0.188. The minimum absolute atomic E-state index is 0.279. The first-order valence-corrected chi connectivity index (χ1v) is 18.3. The van der Waals surface area contributed by atoms with Crippen LogP contribution < -0.4 is 15.0 Å². The lowest BCUT2D eigenvalue weighted by Gasteiger charge is -2.27. The summed E-state index contributed by atoms with van der Waals surface area (Å²) >= 11 is 0. The van der Waals surface area contributed by atoms with Crippen LogP contribution in [0.3, 0.4) is 0 Å². The van der Waals surface area contributed by atoms with Crippen molar-refractivity contribution in [2.45, 2.75) is 6.23 Å². The van der Waals surface area contributed by atoms with Crippen LogP contribution >= 0.6 is 0 Å². The molecule has 0 saturated carbocycles. The van der Waals surface area contributed by atoms with Gasteiger partial charge in [-0.05, 0) is 83.9 Å². The van der Waals surface area contributed by atoms with E-state index in [-0.39, 0.29) is 6.23 Å². The van der Waals surface area contributed by atoms with Crippen LogP contribution in [-0.2, 0) is 0 Å². The van der Waals surface area contributed by atoms with E-state index in [2.05, 4.69) is 173 Å². The molecule has 0 radical (unpaired) electrons. The van der Waals surface area contributed by atoms with Gasteiger partial charge in [0.25, 0.3) is 0 Å². The molecule has 2 aromatic heterocycles. The average molecular weight is 696 g/mol. The van der Waals surface area contributed by atoms with E-state index in [9.17, 15) is 0 Å². The standard InChI is InChI=1S/C49H33N3O2/c1-4-13-32(14-5-1)33-23-25-36(26-24-33)51(41-21-12-22-42-46(41)38-19-10-11-20-40(38)52(42)35-17-8-3-9-18-35)37-27-28-43-39(31-37)47-44(53-43)29-30-45-48(47)50-49(54-45)34-15-6-2-7-16-34/h1-31,49-50H. The van der Waals surface area contributed by atoms with Crippen LogP contribution in [-0.4, -0.2) is 4.57 Å². The fourth-order valence-corrected chi connectivity index (χ4v) is 8.19. The number of nitrogens with zero attached hydrogens (tertiary/aromatic N) is 2. The molecule has 8 aromatic carbocycles. The van der Waals surface area contributed by atoms with Gasteiger partial charge in [-0.1, -0.05) is 115 Å². The third kappa shape index (κ3) is 4.79. The van der Waals surface area contributed by atoms with Gasteiger partial charge in [0.15, 0.2) is 6.23 Å². The molecule has 0 amide bonds. The van der Waals surface area contributed by atoms with E-state index in [1.54, 1.807) is 0 Å². The number of benzene rings is 8. The van der Waals surface area contributed by atoms with Crippen molar-refractivity contribution in [3.63, 3.8) is 0 Å². The third-order valence-electron chi connectivity index (χ3n) is 10.6. The normalized spacial score (nSPS) is 13.7. The maximum Gasteiger partial charge on any atom is 0.196 e. The van der Waals surface area contributed by atoms with Crippen molar-refractivity contribution < 1.29 is 9.15 Å². The zero-order valence-corrected chi connectivity index (χ0v) is 29.2. The lowest BCUT2D eigenvalue weighted by molar-refractivity contribution is 0.260. The SMILES string of the molecule is c1ccc(-c2ccc(N(c3ccc4oc5ccc6c(c5c4c3)NC(c3ccccc3)O6)c3cccc4c3c3ccccc3n4-c3ccccc3)cc2)cc1. The summed E-state index contributed by atoms with van der Waals surface area (Å²) in [5.74, 6) is 0.816. The number of aromatic nitrogens is 1. The first-order valence-electron chi connectivity index (χ1n) is 18.3. The average Bonchev–Trinajstić information content (AvgIpc) is 3.94. The molecule has 3 heterocycles. The molecule has 5 heteroatoms. The molecule has 10 aromatic rings. The molecule has 5 nitrogen and oxygen atoms in total. The highest BCUT2D eigenvalue weighted by molar-refractivity contribution is 6.18. The van der Waals surface area contributed by atoms with Crippen molar-refractivity contribution >= 4 is 66.5 Å². The molecule has 0 spiro atoms.